The molecule has 0 spiro atoms. The molecule has 7 rings (SSSR count). The molecule has 1 atom stereocenters. The second-order valence-electron chi connectivity index (χ2n) is 11.0. The Labute approximate surface area is 232 Å². The van der Waals surface area contributed by atoms with E-state index in [-0.39, 0.29) is 0 Å². The van der Waals surface area contributed by atoms with Crippen LogP contribution in [0.3, 0.4) is 0 Å². The third-order valence-electron chi connectivity index (χ3n) is 8.37. The summed E-state index contributed by atoms with van der Waals surface area (Å²) in [5.41, 5.74) is 6.85. The first-order valence-corrected chi connectivity index (χ1v) is 13.8. The second-order valence-corrected chi connectivity index (χ2v) is 11.0. The Morgan fingerprint density at radius 3 is 2.75 bits per heavy atom. The predicted octanol–water partition coefficient (Wildman–Crippen LogP) is 3.64. The summed E-state index contributed by atoms with van der Waals surface area (Å²) in [6.45, 7) is 6.30. The Balaban J connectivity index is 1.37. The summed E-state index contributed by atoms with van der Waals surface area (Å²) in [6, 6.07) is 6.63. The topological polar surface area (TPSA) is 104 Å². The number of anilines is 2. The molecule has 2 saturated heterocycles. The van der Waals surface area contributed by atoms with Gasteiger partial charge in [0, 0.05) is 64.6 Å². The minimum Gasteiger partial charge on any atom is -0.496 e. The lowest BCUT2D eigenvalue weighted by atomic mass is 10.1. The fourth-order valence-electron chi connectivity index (χ4n) is 6.31. The highest BCUT2D eigenvalue weighted by molar-refractivity contribution is 5.99. The lowest BCUT2D eigenvalue weighted by Gasteiger charge is -2.37. The number of aromatic amines is 1. The van der Waals surface area contributed by atoms with Crippen molar-refractivity contribution < 1.29 is 4.74 Å². The SMILES string of the molecule is COc1ccncc1-c1cc2c(-c3cc4c(nc(N5CCN6CCC[C@@H]6C5)n4C)c(N(C)C)n3)[nH]nc2c(C)n1. The molecule has 0 radical (unpaired) electrons. The highest BCUT2D eigenvalue weighted by atomic mass is 16.5. The molecule has 0 aromatic carbocycles. The van der Waals surface area contributed by atoms with Gasteiger partial charge in [0.25, 0.3) is 0 Å². The first-order valence-electron chi connectivity index (χ1n) is 13.8. The molecule has 11 nitrogen and oxygen atoms in total. The van der Waals surface area contributed by atoms with Gasteiger partial charge in [0.2, 0.25) is 5.95 Å². The number of aromatic nitrogens is 7. The Hall–Kier alpha value is -4.25. The van der Waals surface area contributed by atoms with E-state index in [2.05, 4.69) is 42.7 Å². The largest absolute Gasteiger partial charge is 0.496 e. The van der Waals surface area contributed by atoms with E-state index in [4.69, 9.17) is 19.7 Å². The average molecular weight is 539 g/mol. The number of fused-ring (bicyclic) bond motifs is 3. The lowest BCUT2D eigenvalue weighted by molar-refractivity contribution is 0.229. The van der Waals surface area contributed by atoms with Gasteiger partial charge >= 0.3 is 0 Å². The zero-order valence-corrected chi connectivity index (χ0v) is 23.6. The van der Waals surface area contributed by atoms with Gasteiger partial charge in [0.1, 0.15) is 16.8 Å². The van der Waals surface area contributed by atoms with Crippen LogP contribution >= 0.6 is 0 Å². The van der Waals surface area contributed by atoms with Crippen molar-refractivity contribution in [3.63, 3.8) is 0 Å². The maximum atomic E-state index is 5.59. The van der Waals surface area contributed by atoms with E-state index >= 15 is 0 Å². The van der Waals surface area contributed by atoms with Crippen LogP contribution in [0.2, 0.25) is 0 Å². The molecule has 1 N–H and O–H groups in total. The minimum absolute atomic E-state index is 0.622. The van der Waals surface area contributed by atoms with E-state index in [0.29, 0.717) is 6.04 Å². The van der Waals surface area contributed by atoms with Gasteiger partial charge in [-0.15, -0.1) is 0 Å². The number of imidazole rings is 1. The molecule has 0 saturated carbocycles. The summed E-state index contributed by atoms with van der Waals surface area (Å²) in [5, 5.41) is 8.84. The van der Waals surface area contributed by atoms with Crippen LogP contribution in [0.25, 0.3) is 44.6 Å². The number of methoxy groups -OCH3 is 1. The molecule has 0 amide bonds. The van der Waals surface area contributed by atoms with Gasteiger partial charge in [-0.1, -0.05) is 0 Å². The van der Waals surface area contributed by atoms with E-state index in [1.54, 1.807) is 19.5 Å². The zero-order valence-electron chi connectivity index (χ0n) is 23.6. The summed E-state index contributed by atoms with van der Waals surface area (Å²) >= 11 is 0. The summed E-state index contributed by atoms with van der Waals surface area (Å²) in [4.78, 5) is 26.5. The van der Waals surface area contributed by atoms with Gasteiger partial charge in [-0.05, 0) is 44.5 Å². The standard InChI is InChI=1S/C29H34N10O/c1-17-25-19(13-21(31-17)20-15-30-9-8-24(20)40-5)26(35-34-25)22-14-23-27(28(32-22)36(2)3)33-29(37(23)4)39-12-11-38-10-6-7-18(38)16-39/h8-9,13-15,18H,6-7,10-12,16H2,1-5H3,(H,34,35)/t18-/m1/s1. The zero-order chi connectivity index (χ0) is 27.5. The van der Waals surface area contributed by atoms with E-state index < -0.39 is 0 Å². The molecule has 2 fully saturated rings. The van der Waals surface area contributed by atoms with Crippen LogP contribution in [0.5, 0.6) is 5.75 Å². The number of nitrogens with zero attached hydrogens (tertiary/aromatic N) is 9. The van der Waals surface area contributed by atoms with Crippen LogP contribution in [0.4, 0.5) is 11.8 Å². The lowest BCUT2D eigenvalue weighted by Crippen LogP contribution is -2.50. The average Bonchev–Trinajstić information content (AvgIpc) is 3.69. The van der Waals surface area contributed by atoms with Gasteiger partial charge in [0.15, 0.2) is 5.82 Å². The molecule has 0 aliphatic carbocycles. The van der Waals surface area contributed by atoms with Crippen molar-refractivity contribution in [2.24, 2.45) is 7.05 Å². The Kier molecular flexibility index (Phi) is 5.85. The van der Waals surface area contributed by atoms with Gasteiger partial charge in [0.05, 0.1) is 41.0 Å². The van der Waals surface area contributed by atoms with Gasteiger partial charge in [-0.3, -0.25) is 20.0 Å². The van der Waals surface area contributed by atoms with E-state index in [1.807, 2.05) is 38.1 Å². The van der Waals surface area contributed by atoms with Gasteiger partial charge in [-0.2, -0.15) is 5.10 Å². The molecular formula is C29H34N10O. The summed E-state index contributed by atoms with van der Waals surface area (Å²) in [7, 11) is 7.80. The van der Waals surface area contributed by atoms with Gasteiger partial charge in [-0.25, -0.2) is 9.97 Å². The van der Waals surface area contributed by atoms with Crippen LogP contribution < -0.4 is 14.5 Å². The summed E-state index contributed by atoms with van der Waals surface area (Å²) in [5.74, 6) is 2.56. The molecule has 2 aliphatic rings. The van der Waals surface area contributed by atoms with Crippen molar-refractivity contribution in [1.29, 1.82) is 0 Å². The Bertz CT molecular complexity index is 1740. The smallest absolute Gasteiger partial charge is 0.206 e. The number of pyridine rings is 3. The highest BCUT2D eigenvalue weighted by Gasteiger charge is 2.32. The first-order chi connectivity index (χ1) is 19.4. The first kappa shape index (κ1) is 24.8. The Morgan fingerprint density at radius 2 is 1.93 bits per heavy atom. The molecule has 2 aliphatic heterocycles. The van der Waals surface area contributed by atoms with E-state index in [9.17, 15) is 0 Å². The summed E-state index contributed by atoms with van der Waals surface area (Å²) in [6.07, 6.45) is 6.06. The van der Waals surface area contributed by atoms with Crippen LogP contribution in [0.15, 0.2) is 30.6 Å². The van der Waals surface area contributed by atoms with Crippen LogP contribution in [-0.4, -0.2) is 93.0 Å². The minimum atomic E-state index is 0.622. The number of rotatable bonds is 5. The quantitative estimate of drug-likeness (QED) is 0.359. The Morgan fingerprint density at radius 1 is 1.05 bits per heavy atom. The van der Waals surface area contributed by atoms with Crippen molar-refractivity contribution in [3.8, 4) is 28.4 Å². The van der Waals surface area contributed by atoms with Crippen molar-refractivity contribution in [2.45, 2.75) is 25.8 Å². The molecule has 40 heavy (non-hydrogen) atoms. The number of hydrogen-bond donors (Lipinski definition) is 1. The number of nitrogens with one attached hydrogen (secondary N) is 1. The van der Waals surface area contributed by atoms with Crippen LogP contribution in [-0.2, 0) is 7.05 Å². The van der Waals surface area contributed by atoms with Crippen molar-refractivity contribution in [1.82, 2.24) is 39.6 Å². The van der Waals surface area contributed by atoms with E-state index in [1.165, 1.54) is 19.4 Å². The molecule has 5 aromatic heterocycles. The number of aryl methyl sites for hydroxylation is 2. The fourth-order valence-corrected chi connectivity index (χ4v) is 6.31. The molecule has 0 bridgehead atoms. The third kappa shape index (κ3) is 3.87. The number of hydrogen-bond acceptors (Lipinski definition) is 9. The maximum absolute atomic E-state index is 5.59. The van der Waals surface area contributed by atoms with Crippen LogP contribution in [0, 0.1) is 6.92 Å². The van der Waals surface area contributed by atoms with E-state index in [0.717, 1.165) is 87.4 Å². The highest BCUT2D eigenvalue weighted by Crippen LogP contribution is 2.37. The molecule has 11 heteroatoms. The number of H-pyrrole nitrogens is 1. The normalized spacial score (nSPS) is 17.6. The van der Waals surface area contributed by atoms with Crippen molar-refractivity contribution in [3.05, 3.63) is 36.3 Å². The molecular weight excluding hydrogens is 504 g/mol. The molecule has 7 heterocycles. The molecule has 206 valence electrons. The fraction of sp³-hybridized carbons (Fsp3) is 0.414. The number of piperazine rings is 1. The van der Waals surface area contributed by atoms with Gasteiger partial charge < -0.3 is 19.1 Å². The monoisotopic (exact) mass is 538 g/mol. The second kappa shape index (κ2) is 9.44. The maximum Gasteiger partial charge on any atom is 0.206 e. The molecule has 5 aromatic rings. The van der Waals surface area contributed by atoms with Crippen molar-refractivity contribution >= 4 is 33.7 Å². The third-order valence-corrected chi connectivity index (χ3v) is 8.37. The van der Waals surface area contributed by atoms with Crippen LogP contribution in [0.1, 0.15) is 18.5 Å². The van der Waals surface area contributed by atoms with Crippen molar-refractivity contribution in [2.75, 3.05) is 57.2 Å². The molecule has 0 unspecified atom stereocenters. The summed E-state index contributed by atoms with van der Waals surface area (Å²) < 4.78 is 7.81. The number of ether oxygens (including phenoxy) is 1. The predicted molar refractivity (Wildman–Crippen MR) is 157 cm³/mol.